The first-order valence-corrected chi connectivity index (χ1v) is 10.0. The van der Waals surface area contributed by atoms with Crippen LogP contribution in [0.1, 0.15) is 26.3 Å². The highest BCUT2D eigenvalue weighted by Gasteiger charge is 2.36. The molecule has 0 aliphatic carbocycles. The first-order valence-electron chi connectivity index (χ1n) is 10.0. The molecule has 3 aromatic rings. The molecular formula is C22H21N7O3. The van der Waals surface area contributed by atoms with E-state index in [1.807, 2.05) is 19.1 Å². The van der Waals surface area contributed by atoms with E-state index >= 15 is 0 Å². The van der Waals surface area contributed by atoms with Crippen LogP contribution in [0.5, 0.6) is 0 Å². The van der Waals surface area contributed by atoms with Gasteiger partial charge in [0.05, 0.1) is 11.1 Å². The summed E-state index contributed by atoms with van der Waals surface area (Å²) in [4.78, 5) is 41.9. The van der Waals surface area contributed by atoms with E-state index in [2.05, 4.69) is 31.1 Å². The molecule has 1 aliphatic rings. The fraction of sp³-hybridized carbons (Fsp3) is 0.182. The third-order valence-electron chi connectivity index (χ3n) is 4.77. The maximum atomic E-state index is 12.3. The first kappa shape index (κ1) is 20.9. The lowest BCUT2D eigenvalue weighted by molar-refractivity contribution is -0.121. The second kappa shape index (κ2) is 9.21. The lowest BCUT2D eigenvalue weighted by Gasteiger charge is -2.14. The molecule has 32 heavy (non-hydrogen) atoms. The van der Waals surface area contributed by atoms with Crippen LogP contribution >= 0.6 is 0 Å². The second-order valence-corrected chi connectivity index (χ2v) is 7.17. The first-order chi connectivity index (χ1) is 15.5. The number of aryl methyl sites for hydroxylation is 1. The molecule has 0 unspecified atom stereocenters. The maximum absolute atomic E-state index is 12.3. The molecule has 0 radical (unpaired) electrons. The third-order valence-corrected chi connectivity index (χ3v) is 4.77. The second-order valence-electron chi connectivity index (χ2n) is 7.17. The van der Waals surface area contributed by atoms with Crippen LogP contribution in [0.25, 0.3) is 0 Å². The van der Waals surface area contributed by atoms with E-state index in [0.29, 0.717) is 35.1 Å². The van der Waals surface area contributed by atoms with E-state index < -0.39 is 17.7 Å². The molecule has 0 fully saturated rings. The Bertz CT molecular complexity index is 1130. The lowest BCUT2D eigenvalue weighted by Crippen LogP contribution is -2.41. The zero-order valence-corrected chi connectivity index (χ0v) is 17.3. The van der Waals surface area contributed by atoms with Gasteiger partial charge in [-0.05, 0) is 48.9 Å². The molecule has 3 N–H and O–H groups in total. The van der Waals surface area contributed by atoms with Gasteiger partial charge in [0.15, 0.2) is 5.82 Å². The number of carbonyl (C=O) groups excluding carboxylic acids is 3. The number of hydrogen-bond acceptors (Lipinski definition) is 8. The Morgan fingerprint density at radius 2 is 1.59 bits per heavy atom. The molecule has 10 nitrogen and oxygen atoms in total. The molecule has 1 aromatic carbocycles. The molecule has 162 valence electrons. The van der Waals surface area contributed by atoms with Crippen LogP contribution in [0, 0.1) is 6.92 Å². The molecular weight excluding hydrogens is 410 g/mol. The van der Waals surface area contributed by atoms with Gasteiger partial charge in [-0.1, -0.05) is 12.1 Å². The number of aromatic nitrogens is 3. The summed E-state index contributed by atoms with van der Waals surface area (Å²) in [7, 11) is 0. The summed E-state index contributed by atoms with van der Waals surface area (Å²) in [5.41, 5.74) is 1.72. The van der Waals surface area contributed by atoms with E-state index in [0.717, 1.165) is 10.5 Å². The van der Waals surface area contributed by atoms with Crippen molar-refractivity contribution in [2.75, 3.05) is 30.3 Å². The third kappa shape index (κ3) is 4.69. The van der Waals surface area contributed by atoms with E-state index in [1.165, 1.54) is 0 Å². The molecule has 4 rings (SSSR count). The summed E-state index contributed by atoms with van der Waals surface area (Å²) in [6.07, 6.45) is 1.71. The Morgan fingerprint density at radius 3 is 2.25 bits per heavy atom. The normalized spacial score (nSPS) is 12.5. The Labute approximate surface area is 184 Å². The van der Waals surface area contributed by atoms with Crippen LogP contribution < -0.4 is 16.0 Å². The van der Waals surface area contributed by atoms with Gasteiger partial charge in [-0.2, -0.15) is 0 Å². The highest BCUT2D eigenvalue weighted by Crippen LogP contribution is 2.21. The molecule has 3 amide bonds. The molecule has 3 heterocycles. The van der Waals surface area contributed by atoms with Crippen molar-refractivity contribution in [3.63, 3.8) is 0 Å². The van der Waals surface area contributed by atoms with Crippen molar-refractivity contribution >= 4 is 35.2 Å². The minimum Gasteiger partial charge on any atom is -0.367 e. The topological polar surface area (TPSA) is 129 Å². The van der Waals surface area contributed by atoms with Crippen molar-refractivity contribution < 1.29 is 14.4 Å². The van der Waals surface area contributed by atoms with Gasteiger partial charge >= 0.3 is 0 Å². The van der Waals surface area contributed by atoms with Crippen LogP contribution in [-0.4, -0.2) is 57.4 Å². The van der Waals surface area contributed by atoms with Gasteiger partial charge in [-0.25, -0.2) is 4.98 Å². The number of nitrogens with zero attached hydrogens (tertiary/aromatic N) is 4. The summed E-state index contributed by atoms with van der Waals surface area (Å²) in [6.45, 7) is 2.34. The van der Waals surface area contributed by atoms with Gasteiger partial charge in [0, 0.05) is 19.3 Å². The van der Waals surface area contributed by atoms with Crippen molar-refractivity contribution in [3.8, 4) is 0 Å². The highest BCUT2D eigenvalue weighted by atomic mass is 16.2. The fourth-order valence-electron chi connectivity index (χ4n) is 3.20. The van der Waals surface area contributed by atoms with Crippen LogP contribution in [0.15, 0.2) is 54.7 Å². The number of benzene rings is 1. The zero-order chi connectivity index (χ0) is 22.5. The van der Waals surface area contributed by atoms with Crippen LogP contribution in [0.2, 0.25) is 0 Å². The van der Waals surface area contributed by atoms with Gasteiger partial charge < -0.3 is 16.0 Å². The van der Waals surface area contributed by atoms with Gasteiger partial charge in [0.2, 0.25) is 5.91 Å². The molecule has 0 saturated heterocycles. The predicted octanol–water partition coefficient (Wildman–Crippen LogP) is 1.75. The van der Waals surface area contributed by atoms with E-state index in [1.54, 1.807) is 42.6 Å². The Morgan fingerprint density at radius 1 is 0.906 bits per heavy atom. The summed E-state index contributed by atoms with van der Waals surface area (Å²) >= 11 is 0. The summed E-state index contributed by atoms with van der Waals surface area (Å²) < 4.78 is 0. The average molecular weight is 431 g/mol. The fourth-order valence-corrected chi connectivity index (χ4v) is 3.20. The number of fused-ring (bicyclic) bond motifs is 1. The molecule has 0 saturated carbocycles. The number of hydrogen-bond donors (Lipinski definition) is 3. The minimum absolute atomic E-state index is 0.289. The molecule has 2 aromatic heterocycles. The monoisotopic (exact) mass is 431 g/mol. The van der Waals surface area contributed by atoms with Crippen LogP contribution in [-0.2, 0) is 4.79 Å². The molecule has 0 bridgehead atoms. The Kier molecular flexibility index (Phi) is 6.02. The van der Waals surface area contributed by atoms with E-state index in [9.17, 15) is 14.4 Å². The van der Waals surface area contributed by atoms with E-state index in [4.69, 9.17) is 0 Å². The number of carbonyl (C=O) groups is 3. The van der Waals surface area contributed by atoms with Gasteiger partial charge in [-0.15, -0.1) is 10.2 Å². The van der Waals surface area contributed by atoms with Crippen LogP contribution in [0.3, 0.4) is 0 Å². The number of amides is 3. The van der Waals surface area contributed by atoms with Crippen molar-refractivity contribution in [3.05, 3.63) is 71.4 Å². The highest BCUT2D eigenvalue weighted by molar-refractivity contribution is 6.22. The molecule has 10 heteroatoms. The average Bonchev–Trinajstić information content (AvgIpc) is 3.03. The van der Waals surface area contributed by atoms with Gasteiger partial charge in [0.1, 0.15) is 18.2 Å². The van der Waals surface area contributed by atoms with Crippen molar-refractivity contribution in [2.45, 2.75) is 6.92 Å². The van der Waals surface area contributed by atoms with Crippen LogP contribution in [0.4, 0.5) is 17.5 Å². The molecule has 0 spiro atoms. The number of rotatable bonds is 8. The SMILES string of the molecule is Cc1ccnc(Nc2ccc(NCCNC(=O)CN3C(=O)c4ccccc4C3=O)nn2)c1. The number of imide groups is 1. The van der Waals surface area contributed by atoms with E-state index in [-0.39, 0.29) is 13.1 Å². The number of pyridine rings is 1. The van der Waals surface area contributed by atoms with Gasteiger partial charge in [0.25, 0.3) is 11.8 Å². The summed E-state index contributed by atoms with van der Waals surface area (Å²) in [5, 5.41) is 17.0. The smallest absolute Gasteiger partial charge is 0.262 e. The lowest BCUT2D eigenvalue weighted by atomic mass is 10.1. The van der Waals surface area contributed by atoms with Crippen molar-refractivity contribution in [1.82, 2.24) is 25.4 Å². The summed E-state index contributed by atoms with van der Waals surface area (Å²) in [5.74, 6) is 0.455. The Hall–Kier alpha value is -4.34. The maximum Gasteiger partial charge on any atom is 0.262 e. The number of nitrogens with one attached hydrogen (secondary N) is 3. The van der Waals surface area contributed by atoms with Crippen molar-refractivity contribution in [1.29, 1.82) is 0 Å². The molecule has 0 atom stereocenters. The largest absolute Gasteiger partial charge is 0.367 e. The quantitative estimate of drug-likeness (QED) is 0.363. The number of anilines is 3. The Balaban J connectivity index is 1.20. The summed E-state index contributed by atoms with van der Waals surface area (Å²) in [6, 6.07) is 13.9. The van der Waals surface area contributed by atoms with Crippen molar-refractivity contribution in [2.24, 2.45) is 0 Å². The van der Waals surface area contributed by atoms with Gasteiger partial charge in [-0.3, -0.25) is 19.3 Å². The predicted molar refractivity (Wildman–Crippen MR) is 118 cm³/mol. The minimum atomic E-state index is -0.455. The molecule has 1 aliphatic heterocycles. The standard InChI is InChI=1S/C22H21N7O3/c1-14-8-9-23-19(12-14)26-18-7-6-17(27-28-18)24-10-11-25-20(30)13-29-21(31)15-4-2-3-5-16(15)22(29)32/h2-9,12H,10-11,13H2,1H3,(H,24,27)(H,25,30)(H,23,26,28). The zero-order valence-electron chi connectivity index (χ0n) is 17.3.